The second kappa shape index (κ2) is 6.00. The molecule has 2 fully saturated rings. The van der Waals surface area contributed by atoms with Gasteiger partial charge in [-0.2, -0.15) is 0 Å². The normalized spacial score (nSPS) is 36.6. The number of rotatable bonds is 3. The quantitative estimate of drug-likeness (QED) is 0.801. The Kier molecular flexibility index (Phi) is 4.97. The van der Waals surface area contributed by atoms with E-state index in [0.717, 1.165) is 12.1 Å². The van der Waals surface area contributed by atoms with Crippen molar-refractivity contribution in [2.45, 2.75) is 84.0 Å². The van der Waals surface area contributed by atoms with Gasteiger partial charge in [0.25, 0.3) is 0 Å². The fraction of sp³-hybridized carbons (Fsp3) is 1.00. The van der Waals surface area contributed by atoms with Crippen molar-refractivity contribution < 1.29 is 4.43 Å². The molecule has 1 heterocycles. The van der Waals surface area contributed by atoms with E-state index in [-0.39, 0.29) is 0 Å². The maximum atomic E-state index is 6.46. The highest BCUT2D eigenvalue weighted by atomic mass is 29.2. The first kappa shape index (κ1) is 15.7. The molecule has 0 amide bonds. The number of hydrogen-bond donors (Lipinski definition) is 1. The van der Waals surface area contributed by atoms with Gasteiger partial charge in [-0.1, -0.05) is 66.3 Å². The Morgan fingerprint density at radius 2 is 1.84 bits per heavy atom. The van der Waals surface area contributed by atoms with E-state index in [2.05, 4.69) is 39.2 Å². The van der Waals surface area contributed by atoms with Crippen LogP contribution in [0, 0.1) is 5.41 Å². The molecule has 2 nitrogen and oxygen atoms in total. The van der Waals surface area contributed by atoms with Crippen LogP contribution in [0.15, 0.2) is 0 Å². The summed E-state index contributed by atoms with van der Waals surface area (Å²) in [6.45, 7) is 13.1. The zero-order chi connectivity index (χ0) is 14.1. The lowest BCUT2D eigenvalue weighted by molar-refractivity contribution is 0.181. The van der Waals surface area contributed by atoms with Crippen LogP contribution in [0.4, 0.5) is 0 Å². The summed E-state index contributed by atoms with van der Waals surface area (Å²) in [7, 11) is -2.44. The molecule has 1 saturated heterocycles. The van der Waals surface area contributed by atoms with Gasteiger partial charge in [0.1, 0.15) is 0 Å². The molecule has 2 aliphatic rings. The van der Waals surface area contributed by atoms with Gasteiger partial charge < -0.3 is 9.41 Å². The molecule has 2 rings (SSSR count). The van der Waals surface area contributed by atoms with E-state index in [1.54, 1.807) is 0 Å². The Morgan fingerprint density at radius 1 is 1.21 bits per heavy atom. The predicted octanol–water partition coefficient (Wildman–Crippen LogP) is 3.75. The van der Waals surface area contributed by atoms with Crippen LogP contribution in [0.25, 0.3) is 0 Å². The molecule has 19 heavy (non-hydrogen) atoms. The van der Waals surface area contributed by atoms with Gasteiger partial charge in [0.05, 0.1) is 7.59 Å². The first-order chi connectivity index (χ1) is 8.83. The molecule has 1 aliphatic carbocycles. The average molecular weight is 300 g/mol. The van der Waals surface area contributed by atoms with Crippen LogP contribution in [0.1, 0.15) is 59.8 Å². The standard InChI is InChI=1S/C15H33NOSi2/c1-13(2)16-18-17-11-15(3,4)12-19(18,5)14-9-7-6-8-10-14/h13-14,16,18H,6-12H2,1-5H3. The molecule has 1 saturated carbocycles. The van der Waals surface area contributed by atoms with Crippen molar-refractivity contribution in [2.24, 2.45) is 5.41 Å². The summed E-state index contributed by atoms with van der Waals surface area (Å²) in [6, 6.07) is 2.08. The summed E-state index contributed by atoms with van der Waals surface area (Å²) in [5, 5.41) is 0. The Bertz CT molecular complexity index is 303. The number of nitrogens with one attached hydrogen (secondary N) is 1. The molecular formula is C15H33NOSi2. The van der Waals surface area contributed by atoms with E-state index in [4.69, 9.17) is 4.43 Å². The Balaban J connectivity index is 2.16. The molecule has 2 atom stereocenters. The van der Waals surface area contributed by atoms with Gasteiger partial charge in [-0.3, -0.25) is 0 Å². The zero-order valence-electron chi connectivity index (χ0n) is 13.6. The maximum Gasteiger partial charge on any atom is 0.236 e. The molecule has 1 aliphatic heterocycles. The summed E-state index contributed by atoms with van der Waals surface area (Å²) < 4.78 is 6.46. The zero-order valence-corrected chi connectivity index (χ0v) is 15.7. The van der Waals surface area contributed by atoms with Gasteiger partial charge in [0.2, 0.25) is 8.72 Å². The Hall–Kier alpha value is 0.354. The van der Waals surface area contributed by atoms with E-state index >= 15 is 0 Å². The minimum absolute atomic E-state index is 0.417. The Morgan fingerprint density at radius 3 is 2.42 bits per heavy atom. The Labute approximate surface area is 122 Å². The SMILES string of the molecule is CC(C)N[SiH]1OCC(C)(C)C[Si]1(C)C1CCCCC1. The van der Waals surface area contributed by atoms with Crippen molar-refractivity contribution in [1.82, 2.24) is 4.98 Å². The molecule has 0 spiro atoms. The first-order valence-corrected chi connectivity index (χ1v) is 13.9. The first-order valence-electron chi connectivity index (χ1n) is 8.21. The lowest BCUT2D eigenvalue weighted by Gasteiger charge is -2.51. The largest absolute Gasteiger partial charge is 0.408 e. The molecule has 0 aromatic carbocycles. The van der Waals surface area contributed by atoms with Crippen LogP contribution in [-0.2, 0) is 4.43 Å². The van der Waals surface area contributed by atoms with Gasteiger partial charge in [0.15, 0.2) is 0 Å². The van der Waals surface area contributed by atoms with Crippen molar-refractivity contribution in [3.8, 4) is 0 Å². The van der Waals surface area contributed by atoms with Crippen LogP contribution in [0.2, 0.25) is 18.1 Å². The van der Waals surface area contributed by atoms with E-state index < -0.39 is 16.3 Å². The van der Waals surface area contributed by atoms with Crippen LogP contribution in [-0.4, -0.2) is 29.0 Å². The minimum Gasteiger partial charge on any atom is -0.408 e. The molecular weight excluding hydrogens is 266 g/mol. The topological polar surface area (TPSA) is 21.3 Å². The molecule has 0 aromatic rings. The van der Waals surface area contributed by atoms with E-state index in [1.165, 1.54) is 38.1 Å². The molecule has 0 bridgehead atoms. The summed E-state index contributed by atoms with van der Waals surface area (Å²) >= 11 is 0. The van der Waals surface area contributed by atoms with Gasteiger partial charge in [-0.05, 0) is 23.0 Å². The third-order valence-electron chi connectivity index (χ3n) is 5.12. The molecule has 2 unspecified atom stereocenters. The van der Waals surface area contributed by atoms with Crippen molar-refractivity contribution in [1.29, 1.82) is 0 Å². The lowest BCUT2D eigenvalue weighted by atomic mass is 9.98. The van der Waals surface area contributed by atoms with Crippen molar-refractivity contribution >= 4 is 16.3 Å². The average Bonchev–Trinajstić information content (AvgIpc) is 2.33. The van der Waals surface area contributed by atoms with E-state index in [0.29, 0.717) is 11.5 Å². The fourth-order valence-electron chi connectivity index (χ4n) is 4.34. The molecule has 4 heteroatoms. The van der Waals surface area contributed by atoms with E-state index in [9.17, 15) is 0 Å². The predicted molar refractivity (Wildman–Crippen MR) is 88.4 cm³/mol. The second-order valence-electron chi connectivity index (χ2n) is 8.19. The highest BCUT2D eigenvalue weighted by Crippen LogP contribution is 2.46. The summed E-state index contributed by atoms with van der Waals surface area (Å²) in [5.41, 5.74) is 1.45. The van der Waals surface area contributed by atoms with Crippen LogP contribution in [0.3, 0.4) is 0 Å². The lowest BCUT2D eigenvalue weighted by Crippen LogP contribution is -2.68. The smallest absolute Gasteiger partial charge is 0.236 e. The molecule has 0 radical (unpaired) electrons. The van der Waals surface area contributed by atoms with Crippen LogP contribution in [0.5, 0.6) is 0 Å². The maximum absolute atomic E-state index is 6.46. The highest BCUT2D eigenvalue weighted by molar-refractivity contribution is 7.30. The van der Waals surface area contributed by atoms with Gasteiger partial charge in [-0.25, -0.2) is 0 Å². The highest BCUT2D eigenvalue weighted by Gasteiger charge is 2.52. The summed E-state index contributed by atoms with van der Waals surface area (Å²) in [6.07, 6.45) is 7.39. The van der Waals surface area contributed by atoms with Crippen molar-refractivity contribution in [2.75, 3.05) is 6.61 Å². The second-order valence-corrected chi connectivity index (χ2v) is 19.3. The molecule has 112 valence electrons. The monoisotopic (exact) mass is 299 g/mol. The molecule has 0 aromatic heterocycles. The summed E-state index contributed by atoms with van der Waals surface area (Å²) in [4.78, 5) is 3.89. The van der Waals surface area contributed by atoms with Crippen molar-refractivity contribution in [3.63, 3.8) is 0 Å². The van der Waals surface area contributed by atoms with Crippen LogP contribution >= 0.6 is 0 Å². The van der Waals surface area contributed by atoms with Gasteiger partial charge in [-0.15, -0.1) is 0 Å². The van der Waals surface area contributed by atoms with Gasteiger partial charge >= 0.3 is 0 Å². The summed E-state index contributed by atoms with van der Waals surface area (Å²) in [5.74, 6) is 0. The van der Waals surface area contributed by atoms with E-state index in [1.807, 2.05) is 0 Å². The minimum atomic E-state index is -1.26. The number of hydrogen-bond acceptors (Lipinski definition) is 2. The van der Waals surface area contributed by atoms with Crippen LogP contribution < -0.4 is 4.98 Å². The van der Waals surface area contributed by atoms with Crippen molar-refractivity contribution in [3.05, 3.63) is 0 Å². The van der Waals surface area contributed by atoms with Gasteiger partial charge in [0, 0.05) is 6.61 Å². The fourth-order valence-corrected chi connectivity index (χ4v) is 19.2. The third kappa shape index (κ3) is 3.71. The molecule has 1 N–H and O–H groups in total. The third-order valence-corrected chi connectivity index (χ3v) is 18.6.